The van der Waals surface area contributed by atoms with Gasteiger partial charge in [0.05, 0.1) is 5.60 Å². The Balaban J connectivity index is 1.97. The van der Waals surface area contributed by atoms with Crippen LogP contribution in [0, 0.1) is 12.7 Å². The Morgan fingerprint density at radius 3 is 2.80 bits per heavy atom. The zero-order valence-electron chi connectivity index (χ0n) is 11.3. The van der Waals surface area contributed by atoms with Crippen LogP contribution < -0.4 is 0 Å². The summed E-state index contributed by atoms with van der Waals surface area (Å²) in [5, 5.41) is 11.0. The largest absolute Gasteiger partial charge is 0.385 e. The van der Waals surface area contributed by atoms with E-state index in [1.807, 2.05) is 13.0 Å². The normalized spacial score (nSPS) is 21.0. The zero-order chi connectivity index (χ0) is 14.3. The minimum atomic E-state index is -0.880. The molecule has 0 saturated heterocycles. The molecule has 0 heterocycles. The molecule has 0 bridgehead atoms. The molecule has 0 saturated carbocycles. The molecule has 1 N–H and O–H groups in total. The van der Waals surface area contributed by atoms with E-state index in [4.69, 9.17) is 0 Å². The lowest BCUT2D eigenvalue weighted by Gasteiger charge is -2.24. The third kappa shape index (κ3) is 2.52. The van der Waals surface area contributed by atoms with Gasteiger partial charge >= 0.3 is 0 Å². The fourth-order valence-corrected chi connectivity index (χ4v) is 3.56. The van der Waals surface area contributed by atoms with Crippen LogP contribution >= 0.6 is 15.9 Å². The lowest BCUT2D eigenvalue weighted by molar-refractivity contribution is 0.0388. The summed E-state index contributed by atoms with van der Waals surface area (Å²) in [5.74, 6) is -0.277. The van der Waals surface area contributed by atoms with E-state index < -0.39 is 5.60 Å². The average Bonchev–Trinajstić information content (AvgIpc) is 2.65. The molecule has 1 nitrogen and oxygen atoms in total. The molecular formula is C17H16BrFO. The van der Waals surface area contributed by atoms with Crippen molar-refractivity contribution in [3.63, 3.8) is 0 Å². The van der Waals surface area contributed by atoms with E-state index in [-0.39, 0.29) is 5.82 Å². The first-order valence-corrected chi connectivity index (χ1v) is 7.53. The van der Waals surface area contributed by atoms with Crippen molar-refractivity contribution in [2.45, 2.75) is 31.8 Å². The van der Waals surface area contributed by atoms with E-state index in [0.29, 0.717) is 17.3 Å². The highest BCUT2D eigenvalue weighted by molar-refractivity contribution is 9.10. The Bertz CT molecular complexity index is 648. The quantitative estimate of drug-likeness (QED) is 0.869. The highest BCUT2D eigenvalue weighted by Crippen LogP contribution is 2.40. The van der Waals surface area contributed by atoms with Crippen molar-refractivity contribution in [3.8, 4) is 0 Å². The smallest absolute Gasteiger partial charge is 0.124 e. The van der Waals surface area contributed by atoms with Gasteiger partial charge in [-0.15, -0.1) is 0 Å². The summed E-state index contributed by atoms with van der Waals surface area (Å²) < 4.78 is 14.2. The van der Waals surface area contributed by atoms with Crippen molar-refractivity contribution >= 4 is 15.9 Å². The second-order valence-corrected chi connectivity index (χ2v) is 6.56. The fraction of sp³-hybridized carbons (Fsp3) is 0.294. The summed E-state index contributed by atoms with van der Waals surface area (Å²) in [6.45, 7) is 2.03. The first-order valence-electron chi connectivity index (χ1n) is 6.74. The topological polar surface area (TPSA) is 20.2 Å². The van der Waals surface area contributed by atoms with E-state index in [2.05, 4.69) is 34.1 Å². The van der Waals surface area contributed by atoms with Crippen molar-refractivity contribution in [1.29, 1.82) is 0 Å². The van der Waals surface area contributed by atoms with Gasteiger partial charge in [-0.1, -0.05) is 39.7 Å². The third-order valence-corrected chi connectivity index (χ3v) is 4.45. The Kier molecular flexibility index (Phi) is 3.43. The maximum atomic E-state index is 13.5. The molecule has 0 spiro atoms. The van der Waals surface area contributed by atoms with Crippen molar-refractivity contribution in [2.24, 2.45) is 0 Å². The number of fused-ring (bicyclic) bond motifs is 1. The number of aliphatic hydroxyl groups is 1. The molecule has 0 aliphatic heterocycles. The van der Waals surface area contributed by atoms with Gasteiger partial charge in [-0.2, -0.15) is 0 Å². The highest BCUT2D eigenvalue weighted by atomic mass is 79.9. The molecular weight excluding hydrogens is 319 g/mol. The van der Waals surface area contributed by atoms with Crippen LogP contribution in [0.2, 0.25) is 0 Å². The average molecular weight is 335 g/mol. The number of aryl methyl sites for hydroxylation is 2. The molecule has 1 aliphatic rings. The summed E-state index contributed by atoms with van der Waals surface area (Å²) in [7, 11) is 0. The summed E-state index contributed by atoms with van der Waals surface area (Å²) in [4.78, 5) is 0. The molecule has 3 rings (SSSR count). The lowest BCUT2D eigenvalue weighted by atomic mass is 9.88. The van der Waals surface area contributed by atoms with Crippen molar-refractivity contribution in [1.82, 2.24) is 0 Å². The van der Waals surface area contributed by atoms with E-state index >= 15 is 0 Å². The monoisotopic (exact) mass is 334 g/mol. The number of rotatable bonds is 2. The van der Waals surface area contributed by atoms with Gasteiger partial charge in [0.25, 0.3) is 0 Å². The number of halogens is 2. The van der Waals surface area contributed by atoms with Gasteiger partial charge in [0, 0.05) is 10.9 Å². The maximum absolute atomic E-state index is 13.5. The van der Waals surface area contributed by atoms with Crippen LogP contribution in [0.1, 0.15) is 28.7 Å². The molecule has 1 aliphatic carbocycles. The second-order valence-electron chi connectivity index (χ2n) is 5.65. The van der Waals surface area contributed by atoms with Crippen LogP contribution in [0.25, 0.3) is 0 Å². The van der Waals surface area contributed by atoms with Gasteiger partial charge in [-0.05, 0) is 54.7 Å². The Morgan fingerprint density at radius 1 is 1.25 bits per heavy atom. The van der Waals surface area contributed by atoms with Gasteiger partial charge in [0.1, 0.15) is 5.82 Å². The minimum absolute atomic E-state index is 0.277. The minimum Gasteiger partial charge on any atom is -0.385 e. The number of hydrogen-bond acceptors (Lipinski definition) is 1. The molecule has 2 aromatic rings. The number of hydrogen-bond donors (Lipinski definition) is 1. The van der Waals surface area contributed by atoms with Gasteiger partial charge in [-0.25, -0.2) is 4.39 Å². The molecule has 1 unspecified atom stereocenters. The van der Waals surface area contributed by atoms with Crippen molar-refractivity contribution < 1.29 is 9.50 Å². The number of benzene rings is 2. The predicted molar refractivity (Wildman–Crippen MR) is 81.2 cm³/mol. The van der Waals surface area contributed by atoms with Gasteiger partial charge < -0.3 is 5.11 Å². The van der Waals surface area contributed by atoms with Crippen LogP contribution in [0.15, 0.2) is 40.9 Å². The maximum Gasteiger partial charge on any atom is 0.124 e. The molecule has 3 heteroatoms. The molecule has 0 amide bonds. The van der Waals surface area contributed by atoms with E-state index in [1.54, 1.807) is 0 Å². The highest BCUT2D eigenvalue weighted by Gasteiger charge is 2.36. The van der Waals surface area contributed by atoms with Crippen LogP contribution in [0.4, 0.5) is 4.39 Å². The predicted octanol–water partition coefficient (Wildman–Crippen LogP) is 4.27. The Labute approximate surface area is 126 Å². The molecule has 0 aromatic heterocycles. The summed E-state index contributed by atoms with van der Waals surface area (Å²) in [5.41, 5.74) is 3.28. The van der Waals surface area contributed by atoms with Crippen LogP contribution in [-0.2, 0) is 18.4 Å². The Hall–Kier alpha value is -1.19. The second kappa shape index (κ2) is 4.97. The summed E-state index contributed by atoms with van der Waals surface area (Å²) in [6.07, 6.45) is 2.02. The third-order valence-electron chi connectivity index (χ3n) is 3.99. The van der Waals surface area contributed by atoms with Crippen LogP contribution in [-0.4, -0.2) is 5.11 Å². The summed E-state index contributed by atoms with van der Waals surface area (Å²) in [6, 6.07) is 11.0. The van der Waals surface area contributed by atoms with Crippen LogP contribution in [0.5, 0.6) is 0 Å². The molecule has 2 aromatic carbocycles. The summed E-state index contributed by atoms with van der Waals surface area (Å²) >= 11 is 3.30. The van der Waals surface area contributed by atoms with Gasteiger partial charge in [0.15, 0.2) is 0 Å². The molecule has 104 valence electrons. The SMILES string of the molecule is Cc1ccc2c(c1)C(O)(Cc1cc(F)cc(Br)c1)CC2. The Morgan fingerprint density at radius 2 is 2.05 bits per heavy atom. The van der Waals surface area contributed by atoms with Gasteiger partial charge in [0.2, 0.25) is 0 Å². The van der Waals surface area contributed by atoms with Gasteiger partial charge in [-0.3, -0.25) is 0 Å². The first-order chi connectivity index (χ1) is 9.46. The van der Waals surface area contributed by atoms with E-state index in [1.165, 1.54) is 17.7 Å². The lowest BCUT2D eigenvalue weighted by Crippen LogP contribution is -2.25. The zero-order valence-corrected chi connectivity index (χ0v) is 12.9. The van der Waals surface area contributed by atoms with E-state index in [9.17, 15) is 9.50 Å². The molecule has 1 atom stereocenters. The molecule has 0 fully saturated rings. The van der Waals surface area contributed by atoms with Crippen molar-refractivity contribution in [2.75, 3.05) is 0 Å². The fourth-order valence-electron chi connectivity index (χ4n) is 3.05. The van der Waals surface area contributed by atoms with Crippen LogP contribution in [0.3, 0.4) is 0 Å². The first kappa shape index (κ1) is 13.8. The molecule has 20 heavy (non-hydrogen) atoms. The molecule has 0 radical (unpaired) electrons. The van der Waals surface area contributed by atoms with E-state index in [0.717, 1.165) is 23.1 Å². The standard InChI is InChI=1S/C17H16BrFO/c1-11-2-3-13-4-5-17(20,16(13)6-11)10-12-7-14(18)9-15(19)8-12/h2-3,6-9,20H,4-5,10H2,1H3. The van der Waals surface area contributed by atoms with Crippen molar-refractivity contribution in [3.05, 3.63) is 68.9 Å².